The monoisotopic (exact) mass is 994 g/mol. The molecule has 12 rings (SSSR count). The SMILES string of the molecule is CCCCCCCCN1C(=O)c2c(-c3cc4cccccc-4c3)c(-c3cc4cccccc-4c3)c3c4c(c(-c5cc6cccccc-6c5)c(-c5cc6cccccc-6c5)c(c24)C1=O)C(=O)N(CCCCCCCC)C3=O. The van der Waals surface area contributed by atoms with Gasteiger partial charge in [0.05, 0.1) is 22.3 Å². The summed E-state index contributed by atoms with van der Waals surface area (Å²) >= 11 is 0. The van der Waals surface area contributed by atoms with Crippen molar-refractivity contribution < 1.29 is 19.2 Å². The van der Waals surface area contributed by atoms with Crippen LogP contribution in [0, 0.1) is 0 Å². The molecule has 10 aliphatic rings. The molecule has 0 fully saturated rings. The lowest BCUT2D eigenvalue weighted by atomic mass is 9.73. The molecule has 6 heteroatoms. The third-order valence-electron chi connectivity index (χ3n) is 16.1. The molecule has 4 amide bonds. The largest absolute Gasteiger partial charge is 0.274 e. The van der Waals surface area contributed by atoms with Crippen LogP contribution in [0.4, 0.5) is 0 Å². The highest BCUT2D eigenvalue weighted by Crippen LogP contribution is 2.57. The number of hydrogen-bond donors (Lipinski definition) is 0. The van der Waals surface area contributed by atoms with Gasteiger partial charge in [-0.1, -0.05) is 199 Å². The number of amides is 4. The molecule has 2 aromatic carbocycles. The fraction of sp³-hybridized carbons (Fsp3) is 0.229. The summed E-state index contributed by atoms with van der Waals surface area (Å²) in [5.41, 5.74) is 14.7. The van der Waals surface area contributed by atoms with E-state index in [0.29, 0.717) is 68.1 Å². The summed E-state index contributed by atoms with van der Waals surface area (Å²) in [6.45, 7) is 4.86. The number of imide groups is 2. The molecule has 0 atom stereocenters. The van der Waals surface area contributed by atoms with Crippen LogP contribution in [0.2, 0.25) is 0 Å². The highest BCUT2D eigenvalue weighted by atomic mass is 16.2. The Morgan fingerprint density at radius 3 is 0.684 bits per heavy atom. The summed E-state index contributed by atoms with van der Waals surface area (Å²) in [7, 11) is 0. The van der Waals surface area contributed by atoms with E-state index in [4.69, 9.17) is 0 Å². The maximum atomic E-state index is 16.3. The number of nitrogens with zero attached hydrogens (tertiary/aromatic N) is 2. The van der Waals surface area contributed by atoms with Gasteiger partial charge in [-0.3, -0.25) is 29.0 Å². The molecular formula is C70H62N2O4. The van der Waals surface area contributed by atoms with Gasteiger partial charge in [0.1, 0.15) is 0 Å². The average molecular weight is 995 g/mol. The smallest absolute Gasteiger partial charge is 0.262 e. The molecule has 0 radical (unpaired) electrons. The van der Waals surface area contributed by atoms with Gasteiger partial charge in [0.15, 0.2) is 0 Å². The van der Waals surface area contributed by atoms with Crippen molar-refractivity contribution in [2.45, 2.75) is 90.9 Å². The van der Waals surface area contributed by atoms with Gasteiger partial charge in [0.2, 0.25) is 0 Å². The molecule has 76 heavy (non-hydrogen) atoms. The van der Waals surface area contributed by atoms with Crippen molar-refractivity contribution >= 4 is 34.4 Å². The minimum absolute atomic E-state index is 0.229. The first-order valence-corrected chi connectivity index (χ1v) is 27.8. The van der Waals surface area contributed by atoms with Gasteiger partial charge in [0.25, 0.3) is 23.6 Å². The normalized spacial score (nSPS) is 13.4. The Bertz CT molecular complexity index is 3160. The van der Waals surface area contributed by atoms with Gasteiger partial charge in [-0.2, -0.15) is 0 Å². The first-order chi connectivity index (χ1) is 37.3. The summed E-state index contributed by atoms with van der Waals surface area (Å²) in [5.74, 6) is -1.62. The third kappa shape index (κ3) is 8.54. The highest BCUT2D eigenvalue weighted by Gasteiger charge is 2.47. The Kier molecular flexibility index (Phi) is 13.3. The molecule has 0 saturated heterocycles. The van der Waals surface area contributed by atoms with Gasteiger partial charge in [-0.05, 0) is 128 Å². The van der Waals surface area contributed by atoms with Crippen LogP contribution in [-0.2, 0) is 0 Å². The first kappa shape index (κ1) is 48.7. The topological polar surface area (TPSA) is 74.8 Å². The number of benzene rings is 2. The van der Waals surface area contributed by atoms with E-state index in [0.717, 1.165) is 131 Å². The van der Waals surface area contributed by atoms with Gasteiger partial charge in [-0.25, -0.2) is 0 Å². The zero-order chi connectivity index (χ0) is 51.9. The maximum absolute atomic E-state index is 16.3. The van der Waals surface area contributed by atoms with Crippen molar-refractivity contribution in [2.75, 3.05) is 13.1 Å². The summed E-state index contributed by atoms with van der Waals surface area (Å²) < 4.78 is 0. The Hall–Kier alpha value is -8.22. The van der Waals surface area contributed by atoms with Gasteiger partial charge >= 0.3 is 0 Å². The van der Waals surface area contributed by atoms with Gasteiger partial charge in [0, 0.05) is 46.1 Å². The average Bonchev–Trinajstić information content (AvgIpc) is 3.80. The summed E-state index contributed by atoms with van der Waals surface area (Å²) in [6, 6.07) is 57.7. The van der Waals surface area contributed by atoms with Crippen molar-refractivity contribution in [1.82, 2.24) is 9.80 Å². The number of fused-ring (bicyclic) bond motifs is 4. The van der Waals surface area contributed by atoms with Crippen LogP contribution in [0.1, 0.15) is 132 Å². The number of rotatable bonds is 18. The van der Waals surface area contributed by atoms with Crippen molar-refractivity contribution in [2.24, 2.45) is 0 Å². The lowest BCUT2D eigenvalue weighted by molar-refractivity contribution is 0.0587. The highest BCUT2D eigenvalue weighted by molar-refractivity contribution is 6.41. The summed E-state index contributed by atoms with van der Waals surface area (Å²) in [5, 5.41) is 0.767. The Morgan fingerprint density at radius 1 is 0.250 bits per heavy atom. The standard InChI is InChI=1S/C70H62N2O4/c1-3-5-7-9-11-25-35-71-67(73)63-57(53-37-45-27-17-13-18-28-46(45)38-53)59(55-41-49-31-21-15-22-32-50(49)42-55)65-62-61(63)64(68(71)74)58(54-39-47-29-19-14-20-30-48(47)40-54)60(56-43-51-33-23-16-24-34-52(51)44-56)66(62)70(76)72(69(65)75)36-26-12-10-8-6-4-2/h13-24,27-34,37-44H,3-12,25-26,35-36H2,1-2H3. The fourth-order valence-corrected chi connectivity index (χ4v) is 12.4. The van der Waals surface area contributed by atoms with E-state index >= 15 is 19.2 Å². The quantitative estimate of drug-likeness (QED) is 0.0634. The van der Waals surface area contributed by atoms with E-state index in [1.54, 1.807) is 0 Å². The zero-order valence-electron chi connectivity index (χ0n) is 43.6. The lowest BCUT2D eigenvalue weighted by Gasteiger charge is -2.37. The van der Waals surface area contributed by atoms with Crippen molar-refractivity contribution in [3.05, 3.63) is 192 Å². The number of carbonyl (C=O) groups excluding carboxylic acids is 4. The minimum atomic E-state index is -0.405. The van der Waals surface area contributed by atoms with E-state index in [-0.39, 0.29) is 13.1 Å². The Balaban J connectivity index is 1.27. The number of carbonyl (C=O) groups is 4. The number of unbranched alkanes of at least 4 members (excludes halogenated alkanes) is 10. The summed E-state index contributed by atoms with van der Waals surface area (Å²) in [6.07, 6.45) is 11.7. The van der Waals surface area contributed by atoms with E-state index < -0.39 is 23.6 Å². The van der Waals surface area contributed by atoms with Crippen molar-refractivity contribution in [3.63, 3.8) is 0 Å². The predicted octanol–water partition coefficient (Wildman–Crippen LogP) is 17.8. The third-order valence-corrected chi connectivity index (χ3v) is 16.1. The molecule has 0 unspecified atom stereocenters. The van der Waals surface area contributed by atoms with Crippen LogP contribution < -0.4 is 0 Å². The van der Waals surface area contributed by atoms with Crippen LogP contribution in [-0.4, -0.2) is 46.5 Å². The predicted molar refractivity (Wildman–Crippen MR) is 310 cm³/mol. The molecule has 2 aliphatic heterocycles. The Labute approximate surface area is 446 Å². The first-order valence-electron chi connectivity index (χ1n) is 27.8. The zero-order valence-corrected chi connectivity index (χ0v) is 43.6. The molecule has 0 saturated carbocycles. The molecule has 8 aliphatic carbocycles. The maximum Gasteiger partial charge on any atom is 0.262 e. The Morgan fingerprint density at radius 2 is 0.461 bits per heavy atom. The van der Waals surface area contributed by atoms with Gasteiger partial charge in [-0.15, -0.1) is 0 Å². The van der Waals surface area contributed by atoms with Gasteiger partial charge < -0.3 is 0 Å². The van der Waals surface area contributed by atoms with Crippen molar-refractivity contribution in [1.29, 1.82) is 0 Å². The molecule has 376 valence electrons. The molecule has 0 aromatic heterocycles. The second kappa shape index (κ2) is 20.8. The van der Waals surface area contributed by atoms with Crippen LogP contribution in [0.3, 0.4) is 0 Å². The molecule has 0 spiro atoms. The second-order valence-corrected chi connectivity index (χ2v) is 21.1. The minimum Gasteiger partial charge on any atom is -0.274 e. The second-order valence-electron chi connectivity index (χ2n) is 21.1. The van der Waals surface area contributed by atoms with E-state index in [1.165, 1.54) is 9.80 Å². The van der Waals surface area contributed by atoms with Crippen LogP contribution in [0.25, 0.3) is 99.8 Å². The van der Waals surface area contributed by atoms with Crippen LogP contribution in [0.5, 0.6) is 0 Å². The molecule has 6 nitrogen and oxygen atoms in total. The van der Waals surface area contributed by atoms with E-state index in [1.807, 2.05) is 72.8 Å². The number of hydrogen-bond acceptors (Lipinski definition) is 4. The molecule has 0 bridgehead atoms. The fourth-order valence-electron chi connectivity index (χ4n) is 12.4. The van der Waals surface area contributed by atoms with Crippen LogP contribution in [0.15, 0.2) is 170 Å². The molecule has 2 heterocycles. The molecular weight excluding hydrogens is 933 g/mol. The lowest BCUT2D eigenvalue weighted by Crippen LogP contribution is -2.45. The molecule has 2 aromatic rings. The van der Waals surface area contributed by atoms with Crippen LogP contribution >= 0.6 is 0 Å². The van der Waals surface area contributed by atoms with E-state index in [9.17, 15) is 0 Å². The molecule has 0 N–H and O–H groups in total. The summed E-state index contributed by atoms with van der Waals surface area (Å²) in [4.78, 5) is 68.2. The van der Waals surface area contributed by atoms with Crippen molar-refractivity contribution in [3.8, 4) is 89.0 Å². The van der Waals surface area contributed by atoms with E-state index in [2.05, 4.69) is 111 Å².